The van der Waals surface area contributed by atoms with Gasteiger partial charge in [-0.15, -0.1) is 24.0 Å². The monoisotopic (exact) mass is 417 g/mol. The molecule has 0 aromatic heterocycles. The Morgan fingerprint density at radius 3 is 2.60 bits per heavy atom. The second-order valence-corrected chi connectivity index (χ2v) is 6.20. The molecule has 1 aliphatic rings. The first-order valence-electron chi connectivity index (χ1n) is 6.75. The van der Waals surface area contributed by atoms with E-state index < -0.39 is 0 Å². The second-order valence-electron chi connectivity index (χ2n) is 4.93. The molecule has 120 valence electrons. The molecule has 5 nitrogen and oxygen atoms in total. The molecule has 20 heavy (non-hydrogen) atoms. The van der Waals surface area contributed by atoms with Crippen molar-refractivity contribution in [3.63, 3.8) is 0 Å². The third-order valence-corrected chi connectivity index (χ3v) is 4.86. The average Bonchev–Trinajstić information content (AvgIpc) is 2.44. The van der Waals surface area contributed by atoms with Gasteiger partial charge in [-0.2, -0.15) is 11.8 Å². The van der Waals surface area contributed by atoms with Crippen molar-refractivity contribution in [3.05, 3.63) is 0 Å². The van der Waals surface area contributed by atoms with E-state index in [1.807, 2.05) is 11.8 Å². The number of halogens is 1. The summed E-state index contributed by atoms with van der Waals surface area (Å²) >= 11 is 1.92. The van der Waals surface area contributed by atoms with Crippen LogP contribution in [-0.2, 0) is 9.47 Å². The van der Waals surface area contributed by atoms with Crippen LogP contribution < -0.4 is 10.6 Å². The molecule has 0 aromatic carbocycles. The fourth-order valence-electron chi connectivity index (χ4n) is 2.16. The average molecular weight is 417 g/mol. The lowest BCUT2D eigenvalue weighted by atomic mass is 9.99. The van der Waals surface area contributed by atoms with Crippen molar-refractivity contribution in [1.29, 1.82) is 0 Å². The van der Waals surface area contributed by atoms with Crippen LogP contribution in [0.2, 0.25) is 0 Å². The lowest BCUT2D eigenvalue weighted by Crippen LogP contribution is -2.50. The van der Waals surface area contributed by atoms with Gasteiger partial charge in [0.15, 0.2) is 5.96 Å². The van der Waals surface area contributed by atoms with Crippen LogP contribution in [0.15, 0.2) is 4.99 Å². The van der Waals surface area contributed by atoms with E-state index >= 15 is 0 Å². The molecule has 2 N–H and O–H groups in total. The van der Waals surface area contributed by atoms with Crippen molar-refractivity contribution >= 4 is 41.7 Å². The van der Waals surface area contributed by atoms with E-state index in [2.05, 4.69) is 28.8 Å². The molecular formula is C13H28IN3O2S. The van der Waals surface area contributed by atoms with Crippen molar-refractivity contribution in [2.45, 2.75) is 30.6 Å². The van der Waals surface area contributed by atoms with Crippen molar-refractivity contribution in [1.82, 2.24) is 10.6 Å². The first-order valence-corrected chi connectivity index (χ1v) is 7.97. The van der Waals surface area contributed by atoms with Crippen LogP contribution in [0, 0.1) is 0 Å². The van der Waals surface area contributed by atoms with Gasteiger partial charge in [-0.1, -0.05) is 0 Å². The van der Waals surface area contributed by atoms with Crippen molar-refractivity contribution in [3.8, 4) is 0 Å². The number of aliphatic imine (C=N–C) groups is 1. The van der Waals surface area contributed by atoms with E-state index in [1.54, 1.807) is 14.2 Å². The molecule has 0 spiro atoms. The summed E-state index contributed by atoms with van der Waals surface area (Å²) in [6.07, 6.45) is 4.36. The number of ether oxygens (including phenoxy) is 2. The minimum atomic E-state index is 0. The number of nitrogens with one attached hydrogen (secondary N) is 2. The number of hydrogen-bond donors (Lipinski definition) is 2. The molecule has 7 heteroatoms. The number of hydrogen-bond acceptors (Lipinski definition) is 4. The zero-order valence-corrected chi connectivity index (χ0v) is 16.0. The zero-order chi connectivity index (χ0) is 14.1. The number of nitrogens with zero attached hydrogens (tertiary/aromatic N) is 1. The number of methoxy groups -OCH3 is 1. The minimum Gasteiger partial charge on any atom is -0.383 e. The standard InChI is InChI=1S/C13H27N3O2S.HI/c1-11(9-17-3)16-12(14-2)15-10-13(19-4)5-7-18-8-6-13;/h11H,5-10H2,1-4H3,(H2,14,15,16);1H. The van der Waals surface area contributed by atoms with Gasteiger partial charge in [-0.3, -0.25) is 4.99 Å². The van der Waals surface area contributed by atoms with E-state index in [4.69, 9.17) is 9.47 Å². The smallest absolute Gasteiger partial charge is 0.191 e. The zero-order valence-electron chi connectivity index (χ0n) is 12.9. The van der Waals surface area contributed by atoms with Gasteiger partial charge in [0.05, 0.1) is 6.61 Å². The first kappa shape index (κ1) is 20.3. The first-order chi connectivity index (χ1) is 9.15. The highest BCUT2D eigenvalue weighted by Crippen LogP contribution is 2.32. The summed E-state index contributed by atoms with van der Waals surface area (Å²) in [6, 6.07) is 0.246. The van der Waals surface area contributed by atoms with E-state index in [0.717, 1.165) is 38.6 Å². The predicted octanol–water partition coefficient (Wildman–Crippen LogP) is 1.72. The fraction of sp³-hybridized carbons (Fsp3) is 0.923. The van der Waals surface area contributed by atoms with Crippen molar-refractivity contribution in [2.24, 2.45) is 4.99 Å². The Morgan fingerprint density at radius 1 is 1.45 bits per heavy atom. The lowest BCUT2D eigenvalue weighted by Gasteiger charge is -2.36. The van der Waals surface area contributed by atoms with E-state index in [9.17, 15) is 0 Å². The van der Waals surface area contributed by atoms with Crippen LogP contribution in [0.3, 0.4) is 0 Å². The second kappa shape index (κ2) is 10.9. The number of guanidine groups is 1. The molecule has 1 unspecified atom stereocenters. The largest absolute Gasteiger partial charge is 0.383 e. The Labute approximate surface area is 144 Å². The molecule has 0 amide bonds. The predicted molar refractivity (Wildman–Crippen MR) is 97.5 cm³/mol. The fourth-order valence-corrected chi connectivity index (χ4v) is 2.95. The molecule has 0 aromatic rings. The van der Waals surface area contributed by atoms with Crippen LogP contribution in [0.4, 0.5) is 0 Å². The van der Waals surface area contributed by atoms with Gasteiger partial charge in [0.1, 0.15) is 0 Å². The maximum atomic E-state index is 5.45. The lowest BCUT2D eigenvalue weighted by molar-refractivity contribution is 0.0782. The van der Waals surface area contributed by atoms with Gasteiger partial charge in [-0.25, -0.2) is 0 Å². The van der Waals surface area contributed by atoms with Gasteiger partial charge < -0.3 is 20.1 Å². The summed E-state index contributed by atoms with van der Waals surface area (Å²) in [5.41, 5.74) is 0. The Kier molecular flexibility index (Phi) is 11.1. The Balaban J connectivity index is 0.00000361. The van der Waals surface area contributed by atoms with Gasteiger partial charge in [0.25, 0.3) is 0 Å². The maximum Gasteiger partial charge on any atom is 0.191 e. The van der Waals surface area contributed by atoms with E-state index in [0.29, 0.717) is 6.61 Å². The van der Waals surface area contributed by atoms with Gasteiger partial charge in [0.2, 0.25) is 0 Å². The molecule has 1 saturated heterocycles. The molecule has 1 aliphatic heterocycles. The van der Waals surface area contributed by atoms with Gasteiger partial charge in [-0.05, 0) is 26.0 Å². The Morgan fingerprint density at radius 2 is 2.10 bits per heavy atom. The molecule has 1 rings (SSSR count). The highest BCUT2D eigenvalue weighted by molar-refractivity contribution is 14.0. The summed E-state index contributed by atoms with van der Waals surface area (Å²) in [4.78, 5) is 4.26. The van der Waals surface area contributed by atoms with Crippen LogP contribution in [0.25, 0.3) is 0 Å². The topological polar surface area (TPSA) is 54.9 Å². The summed E-state index contributed by atoms with van der Waals surface area (Å²) in [5.74, 6) is 0.837. The molecule has 0 saturated carbocycles. The normalized spacial score (nSPS) is 19.9. The Bertz CT molecular complexity index is 287. The molecule has 1 fully saturated rings. The highest BCUT2D eigenvalue weighted by Gasteiger charge is 2.31. The SMILES string of the molecule is CN=C(NCC1(SC)CCOCC1)NC(C)COC.I. The van der Waals surface area contributed by atoms with Crippen LogP contribution in [0.5, 0.6) is 0 Å². The number of thioether (sulfide) groups is 1. The van der Waals surface area contributed by atoms with E-state index in [-0.39, 0.29) is 34.8 Å². The minimum absolute atomic E-state index is 0. The van der Waals surface area contributed by atoms with Crippen LogP contribution in [0.1, 0.15) is 19.8 Å². The summed E-state index contributed by atoms with van der Waals surface area (Å²) in [7, 11) is 3.50. The summed E-state index contributed by atoms with van der Waals surface area (Å²) in [6.45, 7) is 5.37. The third kappa shape index (κ3) is 6.82. The van der Waals surface area contributed by atoms with E-state index in [1.165, 1.54) is 0 Å². The summed E-state index contributed by atoms with van der Waals surface area (Å²) < 4.78 is 10.8. The van der Waals surface area contributed by atoms with Gasteiger partial charge >= 0.3 is 0 Å². The Hall–Kier alpha value is 0.270. The maximum absolute atomic E-state index is 5.45. The highest BCUT2D eigenvalue weighted by atomic mass is 127. The van der Waals surface area contributed by atoms with Crippen molar-refractivity contribution in [2.75, 3.05) is 46.8 Å². The molecular weight excluding hydrogens is 389 g/mol. The third-order valence-electron chi connectivity index (χ3n) is 3.44. The molecule has 1 heterocycles. The van der Waals surface area contributed by atoms with Crippen LogP contribution in [-0.4, -0.2) is 63.5 Å². The number of rotatable bonds is 6. The van der Waals surface area contributed by atoms with Crippen LogP contribution >= 0.6 is 35.7 Å². The molecule has 1 atom stereocenters. The molecule has 0 radical (unpaired) electrons. The molecule has 0 bridgehead atoms. The molecule has 0 aliphatic carbocycles. The summed E-state index contributed by atoms with van der Waals surface area (Å²) in [5, 5.41) is 6.75. The van der Waals surface area contributed by atoms with Gasteiger partial charge in [0, 0.05) is 44.7 Å². The quantitative estimate of drug-likeness (QED) is 0.392. The van der Waals surface area contributed by atoms with Crippen molar-refractivity contribution < 1.29 is 9.47 Å².